The van der Waals surface area contributed by atoms with Crippen LogP contribution in [0.3, 0.4) is 0 Å². The summed E-state index contributed by atoms with van der Waals surface area (Å²) in [5.41, 5.74) is 0.205. The highest BCUT2D eigenvalue weighted by molar-refractivity contribution is 7.92. The summed E-state index contributed by atoms with van der Waals surface area (Å²) in [4.78, 5) is 23.2. The number of carboxylic acid groups (broad SMARTS) is 1. The monoisotopic (exact) mass is 391 g/mol. The zero-order valence-corrected chi connectivity index (χ0v) is 14.9. The highest BCUT2D eigenvalue weighted by Crippen LogP contribution is 2.26. The summed E-state index contributed by atoms with van der Waals surface area (Å²) in [7, 11) is -3.59. The van der Waals surface area contributed by atoms with Gasteiger partial charge in [0.2, 0.25) is 5.91 Å². The molecule has 1 fully saturated rings. The van der Waals surface area contributed by atoms with Crippen molar-refractivity contribution in [1.82, 2.24) is 5.32 Å². The topological polar surface area (TPSA) is 101 Å². The van der Waals surface area contributed by atoms with Crippen molar-refractivity contribution in [2.75, 3.05) is 5.75 Å². The molecule has 1 aromatic carbocycles. The first-order chi connectivity index (χ1) is 11.7. The number of carbonyl (C=O) groups excluding carboxylic acids is 1. The van der Waals surface area contributed by atoms with Crippen LogP contribution in [0.2, 0.25) is 5.02 Å². The number of carboxylic acids is 1. The van der Waals surface area contributed by atoms with E-state index < -0.39 is 51.0 Å². The average molecular weight is 392 g/mol. The number of amides is 1. The largest absolute Gasteiger partial charge is 0.481 e. The van der Waals surface area contributed by atoms with Crippen LogP contribution in [-0.2, 0) is 19.4 Å². The van der Waals surface area contributed by atoms with Gasteiger partial charge in [0, 0.05) is 0 Å². The summed E-state index contributed by atoms with van der Waals surface area (Å²) in [6.07, 6.45) is 2.21. The minimum Gasteiger partial charge on any atom is -0.481 e. The highest BCUT2D eigenvalue weighted by Gasteiger charge is 2.31. The van der Waals surface area contributed by atoms with Crippen LogP contribution in [0.15, 0.2) is 18.2 Å². The zero-order chi connectivity index (χ0) is 18.6. The Morgan fingerprint density at radius 1 is 1.32 bits per heavy atom. The Labute approximate surface area is 150 Å². The minimum absolute atomic E-state index is 0.132. The first-order valence-electron chi connectivity index (χ1n) is 7.86. The van der Waals surface area contributed by atoms with Crippen LogP contribution in [0.5, 0.6) is 0 Å². The molecule has 6 nitrogen and oxygen atoms in total. The number of sulfone groups is 1. The predicted molar refractivity (Wildman–Crippen MR) is 90.6 cm³/mol. The van der Waals surface area contributed by atoms with E-state index in [1.807, 2.05) is 0 Å². The van der Waals surface area contributed by atoms with Gasteiger partial charge in [0.1, 0.15) is 11.6 Å². The Balaban J connectivity index is 2.11. The normalized spacial score (nSPS) is 16.6. The average Bonchev–Trinajstić information content (AvgIpc) is 3.03. The molecule has 0 heterocycles. The lowest BCUT2D eigenvalue weighted by atomic mass is 10.0. The van der Waals surface area contributed by atoms with Gasteiger partial charge in [-0.25, -0.2) is 12.8 Å². The highest BCUT2D eigenvalue weighted by atomic mass is 35.5. The Morgan fingerprint density at radius 2 is 1.96 bits per heavy atom. The standard InChI is InChI=1S/C16H19ClFNO5S/c17-12-6-5-10(7-13(12)18)14(8-16(21)22)19-15(20)9-25(23,24)11-3-1-2-4-11/h5-7,11,14H,1-4,8-9H2,(H,19,20)(H,21,22). The molecule has 138 valence electrons. The summed E-state index contributed by atoms with van der Waals surface area (Å²) in [6, 6.07) is 2.63. The van der Waals surface area contributed by atoms with E-state index in [4.69, 9.17) is 16.7 Å². The lowest BCUT2D eigenvalue weighted by Gasteiger charge is -2.19. The molecule has 1 atom stereocenters. The maximum absolute atomic E-state index is 13.6. The van der Waals surface area contributed by atoms with Crippen LogP contribution in [-0.4, -0.2) is 36.4 Å². The molecule has 1 saturated carbocycles. The van der Waals surface area contributed by atoms with Crippen LogP contribution in [0.1, 0.15) is 43.7 Å². The van der Waals surface area contributed by atoms with E-state index in [1.54, 1.807) is 0 Å². The quantitative estimate of drug-likeness (QED) is 0.743. The van der Waals surface area contributed by atoms with Gasteiger partial charge in [-0.3, -0.25) is 9.59 Å². The third kappa shape index (κ3) is 5.40. The molecule has 2 rings (SSSR count). The lowest BCUT2D eigenvalue weighted by molar-refractivity contribution is -0.137. The van der Waals surface area contributed by atoms with Crippen molar-refractivity contribution in [1.29, 1.82) is 0 Å². The van der Waals surface area contributed by atoms with Gasteiger partial charge in [-0.1, -0.05) is 30.5 Å². The summed E-state index contributed by atoms with van der Waals surface area (Å²) >= 11 is 5.60. The molecule has 0 saturated heterocycles. The molecular weight excluding hydrogens is 373 g/mol. The molecule has 1 unspecified atom stereocenters. The maximum Gasteiger partial charge on any atom is 0.305 e. The number of rotatable bonds is 7. The van der Waals surface area contributed by atoms with E-state index in [-0.39, 0.29) is 10.6 Å². The predicted octanol–water partition coefficient (Wildman–Crippen LogP) is 2.47. The Hall–Kier alpha value is -1.67. The second-order valence-electron chi connectivity index (χ2n) is 6.11. The Morgan fingerprint density at radius 3 is 2.52 bits per heavy atom. The molecule has 0 radical (unpaired) electrons. The van der Waals surface area contributed by atoms with Gasteiger partial charge >= 0.3 is 5.97 Å². The van der Waals surface area contributed by atoms with Gasteiger partial charge in [0.05, 0.1) is 22.7 Å². The van der Waals surface area contributed by atoms with Crippen molar-refractivity contribution in [2.45, 2.75) is 43.4 Å². The maximum atomic E-state index is 13.6. The minimum atomic E-state index is -3.59. The molecule has 0 spiro atoms. The number of hydrogen-bond acceptors (Lipinski definition) is 4. The molecule has 1 aromatic rings. The molecule has 25 heavy (non-hydrogen) atoms. The van der Waals surface area contributed by atoms with Crippen molar-refractivity contribution >= 4 is 33.3 Å². The van der Waals surface area contributed by atoms with Crippen molar-refractivity contribution in [2.24, 2.45) is 0 Å². The fourth-order valence-electron chi connectivity index (χ4n) is 2.94. The summed E-state index contributed by atoms with van der Waals surface area (Å²) in [6.45, 7) is 0. The number of hydrogen-bond donors (Lipinski definition) is 2. The fraction of sp³-hybridized carbons (Fsp3) is 0.500. The molecule has 1 aliphatic carbocycles. The van der Waals surface area contributed by atoms with E-state index in [0.717, 1.165) is 18.9 Å². The summed E-state index contributed by atoms with van der Waals surface area (Å²) < 4.78 is 38.1. The molecule has 0 bridgehead atoms. The fourth-order valence-corrected chi connectivity index (χ4v) is 4.79. The van der Waals surface area contributed by atoms with Crippen LogP contribution in [0, 0.1) is 5.82 Å². The van der Waals surface area contributed by atoms with Gasteiger partial charge in [-0.2, -0.15) is 0 Å². The molecule has 1 amide bonds. The summed E-state index contributed by atoms with van der Waals surface area (Å²) in [5, 5.41) is 10.7. The van der Waals surface area contributed by atoms with Crippen LogP contribution >= 0.6 is 11.6 Å². The second kappa shape index (κ2) is 8.14. The number of nitrogens with one attached hydrogen (secondary N) is 1. The number of carbonyl (C=O) groups is 2. The van der Waals surface area contributed by atoms with Crippen molar-refractivity contribution in [3.63, 3.8) is 0 Å². The Bertz CT molecular complexity index is 762. The van der Waals surface area contributed by atoms with Gasteiger partial charge < -0.3 is 10.4 Å². The van der Waals surface area contributed by atoms with E-state index >= 15 is 0 Å². The zero-order valence-electron chi connectivity index (χ0n) is 13.4. The van der Waals surface area contributed by atoms with E-state index in [0.29, 0.717) is 12.8 Å². The molecule has 9 heteroatoms. The van der Waals surface area contributed by atoms with Gasteiger partial charge in [0.25, 0.3) is 0 Å². The molecule has 2 N–H and O–H groups in total. The van der Waals surface area contributed by atoms with Crippen LogP contribution in [0.4, 0.5) is 4.39 Å². The van der Waals surface area contributed by atoms with Gasteiger partial charge in [-0.05, 0) is 30.5 Å². The van der Waals surface area contributed by atoms with Gasteiger partial charge in [0.15, 0.2) is 9.84 Å². The SMILES string of the molecule is O=C(O)CC(NC(=O)CS(=O)(=O)C1CCCC1)c1ccc(Cl)c(F)c1. The second-order valence-corrected chi connectivity index (χ2v) is 8.79. The third-order valence-electron chi connectivity index (χ3n) is 4.20. The molecule has 0 aromatic heterocycles. The number of aliphatic carboxylic acids is 1. The first-order valence-corrected chi connectivity index (χ1v) is 9.96. The molecule has 0 aliphatic heterocycles. The first kappa shape index (κ1) is 19.7. The number of halogens is 2. The lowest BCUT2D eigenvalue weighted by Crippen LogP contribution is -2.37. The molecular formula is C16H19ClFNO5S. The van der Waals surface area contributed by atoms with E-state index in [2.05, 4.69) is 5.32 Å². The smallest absolute Gasteiger partial charge is 0.305 e. The van der Waals surface area contributed by atoms with Crippen LogP contribution in [0.25, 0.3) is 0 Å². The van der Waals surface area contributed by atoms with E-state index in [1.165, 1.54) is 12.1 Å². The summed E-state index contributed by atoms with van der Waals surface area (Å²) in [5.74, 6) is -3.46. The van der Waals surface area contributed by atoms with Crippen molar-refractivity contribution in [3.05, 3.63) is 34.6 Å². The van der Waals surface area contributed by atoms with Crippen LogP contribution < -0.4 is 5.32 Å². The number of benzene rings is 1. The molecule has 1 aliphatic rings. The van der Waals surface area contributed by atoms with Crippen molar-refractivity contribution in [3.8, 4) is 0 Å². The Kier molecular flexibility index (Phi) is 6.40. The van der Waals surface area contributed by atoms with E-state index in [9.17, 15) is 22.4 Å². The van der Waals surface area contributed by atoms with Gasteiger partial charge in [-0.15, -0.1) is 0 Å². The van der Waals surface area contributed by atoms with Crippen molar-refractivity contribution < 1.29 is 27.5 Å². The third-order valence-corrected chi connectivity index (χ3v) is 6.66.